The minimum absolute atomic E-state index is 0.774. The fourth-order valence-corrected chi connectivity index (χ4v) is 0.381. The van der Waals surface area contributed by atoms with Crippen LogP contribution >= 0.6 is 0 Å². The van der Waals surface area contributed by atoms with E-state index in [4.69, 9.17) is 5.73 Å². The lowest BCUT2D eigenvalue weighted by molar-refractivity contribution is 0.999. The predicted octanol–water partition coefficient (Wildman–Crippen LogP) is 1.30. The van der Waals surface area contributed by atoms with E-state index in [9.17, 15) is 0 Å². The molecule has 0 aliphatic carbocycles. The molecule has 0 unspecified atom stereocenters. The van der Waals surface area contributed by atoms with Crippen LogP contribution in [-0.4, -0.2) is 6.54 Å². The second kappa shape index (κ2) is 5.70. The molecule has 0 bridgehead atoms. The highest BCUT2D eigenvalue weighted by atomic mass is 14.5. The van der Waals surface area contributed by atoms with E-state index in [1.54, 1.807) is 0 Å². The van der Waals surface area contributed by atoms with Gasteiger partial charge in [0.05, 0.1) is 0 Å². The molecular weight excluding hydrogens is 86.1 g/mol. The topological polar surface area (TPSA) is 26.0 Å². The molecule has 0 heterocycles. The van der Waals surface area contributed by atoms with Crippen LogP contribution in [0.1, 0.15) is 19.8 Å². The van der Waals surface area contributed by atoms with Gasteiger partial charge in [0.1, 0.15) is 0 Å². The van der Waals surface area contributed by atoms with Gasteiger partial charge in [0.25, 0.3) is 0 Å². The highest BCUT2D eigenvalue weighted by molar-refractivity contribution is 4.79. The van der Waals surface area contributed by atoms with Crippen LogP contribution < -0.4 is 5.73 Å². The van der Waals surface area contributed by atoms with Gasteiger partial charge in [0.15, 0.2) is 0 Å². The summed E-state index contributed by atoms with van der Waals surface area (Å²) in [6.07, 6.45) is 6.39. The average molecular weight is 99.2 g/mol. The Morgan fingerprint density at radius 2 is 2.14 bits per heavy atom. The van der Waals surface area contributed by atoms with Crippen LogP contribution in [0.5, 0.6) is 0 Å². The van der Waals surface area contributed by atoms with Crippen LogP contribution in [0.3, 0.4) is 0 Å². The van der Waals surface area contributed by atoms with Gasteiger partial charge in [-0.25, -0.2) is 0 Å². The summed E-state index contributed by atoms with van der Waals surface area (Å²) in [5.74, 6) is 0. The zero-order valence-electron chi connectivity index (χ0n) is 4.85. The Kier molecular flexibility index (Phi) is 5.46. The molecule has 0 aromatic rings. The van der Waals surface area contributed by atoms with Gasteiger partial charge < -0.3 is 5.73 Å². The maximum absolute atomic E-state index is 5.22. The predicted molar refractivity (Wildman–Crippen MR) is 33.1 cm³/mol. The van der Waals surface area contributed by atoms with Crippen molar-refractivity contribution in [1.82, 2.24) is 0 Å². The third kappa shape index (κ3) is 5.70. The van der Waals surface area contributed by atoms with Gasteiger partial charge in [-0.05, 0) is 19.4 Å². The van der Waals surface area contributed by atoms with Crippen LogP contribution in [0.2, 0.25) is 0 Å². The molecule has 0 saturated heterocycles. The molecule has 0 aliphatic rings. The Bertz CT molecular complexity index is 48.1. The molecule has 0 spiro atoms. The summed E-state index contributed by atoms with van der Waals surface area (Å²) in [5, 5.41) is 0. The van der Waals surface area contributed by atoms with E-state index in [1.807, 2.05) is 0 Å². The molecule has 1 nitrogen and oxygen atoms in total. The van der Waals surface area contributed by atoms with Crippen molar-refractivity contribution in [3.63, 3.8) is 0 Å². The Labute approximate surface area is 45.2 Å². The molecule has 0 amide bonds. The number of nitrogens with two attached hydrogens (primary N) is 1. The second-order valence-corrected chi connectivity index (χ2v) is 1.46. The quantitative estimate of drug-likeness (QED) is 0.530. The average Bonchev–Trinajstić information content (AvgIpc) is 1.69. The highest BCUT2D eigenvalue weighted by Crippen LogP contribution is 1.81. The lowest BCUT2D eigenvalue weighted by Gasteiger charge is -1.80. The summed E-state index contributed by atoms with van der Waals surface area (Å²) in [5.41, 5.74) is 5.22. The Balaban J connectivity index is 2.78. The maximum Gasteiger partial charge on any atom is -0.00426 e. The first kappa shape index (κ1) is 6.70. The molecule has 2 N–H and O–H groups in total. The van der Waals surface area contributed by atoms with E-state index in [0.717, 1.165) is 19.4 Å². The van der Waals surface area contributed by atoms with Gasteiger partial charge in [-0.1, -0.05) is 19.1 Å². The molecule has 7 heavy (non-hydrogen) atoms. The monoisotopic (exact) mass is 99.1 g/mol. The van der Waals surface area contributed by atoms with Gasteiger partial charge in [-0.2, -0.15) is 0 Å². The third-order valence-electron chi connectivity index (χ3n) is 0.736. The van der Waals surface area contributed by atoms with Gasteiger partial charge >= 0.3 is 0 Å². The zero-order valence-corrected chi connectivity index (χ0v) is 4.85. The molecule has 0 aliphatic heterocycles. The first-order chi connectivity index (χ1) is 3.41. The SMILES string of the molecule is CC/C=C\CCN. The Morgan fingerprint density at radius 3 is 2.57 bits per heavy atom. The van der Waals surface area contributed by atoms with E-state index >= 15 is 0 Å². The normalized spacial score (nSPS) is 10.6. The van der Waals surface area contributed by atoms with Crippen LogP contribution in [0.25, 0.3) is 0 Å². The van der Waals surface area contributed by atoms with E-state index in [0.29, 0.717) is 0 Å². The molecule has 0 atom stereocenters. The van der Waals surface area contributed by atoms with Crippen molar-refractivity contribution in [2.45, 2.75) is 19.8 Å². The Hall–Kier alpha value is -0.300. The minimum Gasteiger partial charge on any atom is -0.330 e. The lowest BCUT2D eigenvalue weighted by atomic mass is 10.3. The van der Waals surface area contributed by atoms with Crippen LogP contribution in [0.15, 0.2) is 12.2 Å². The third-order valence-corrected chi connectivity index (χ3v) is 0.736. The van der Waals surface area contributed by atoms with Crippen LogP contribution in [0, 0.1) is 0 Å². The molecule has 0 radical (unpaired) electrons. The van der Waals surface area contributed by atoms with Gasteiger partial charge in [0.2, 0.25) is 0 Å². The van der Waals surface area contributed by atoms with E-state index in [2.05, 4.69) is 19.1 Å². The van der Waals surface area contributed by atoms with Crippen molar-refractivity contribution >= 4 is 0 Å². The van der Waals surface area contributed by atoms with Crippen molar-refractivity contribution in [3.8, 4) is 0 Å². The van der Waals surface area contributed by atoms with Gasteiger partial charge in [-0.15, -0.1) is 0 Å². The molecule has 0 rings (SSSR count). The van der Waals surface area contributed by atoms with Crippen molar-refractivity contribution in [2.24, 2.45) is 5.73 Å². The highest BCUT2D eigenvalue weighted by Gasteiger charge is 1.67. The number of rotatable bonds is 3. The summed E-state index contributed by atoms with van der Waals surface area (Å²) < 4.78 is 0. The summed E-state index contributed by atoms with van der Waals surface area (Å²) >= 11 is 0. The molecular formula is C6H13N. The largest absolute Gasteiger partial charge is 0.330 e. The number of hydrogen-bond donors (Lipinski definition) is 1. The molecule has 1 heteroatoms. The molecule has 0 saturated carbocycles. The van der Waals surface area contributed by atoms with Crippen molar-refractivity contribution in [2.75, 3.05) is 6.54 Å². The summed E-state index contributed by atoms with van der Waals surface area (Å²) in [6.45, 7) is 2.89. The van der Waals surface area contributed by atoms with E-state index in [1.165, 1.54) is 0 Å². The van der Waals surface area contributed by atoms with E-state index < -0.39 is 0 Å². The smallest absolute Gasteiger partial charge is 0.00426 e. The Morgan fingerprint density at radius 1 is 1.43 bits per heavy atom. The molecule has 0 aromatic heterocycles. The first-order valence-electron chi connectivity index (χ1n) is 2.77. The molecule has 0 fully saturated rings. The summed E-state index contributed by atoms with van der Waals surface area (Å²) in [7, 11) is 0. The molecule has 42 valence electrons. The zero-order chi connectivity index (χ0) is 5.54. The van der Waals surface area contributed by atoms with E-state index in [-0.39, 0.29) is 0 Å². The van der Waals surface area contributed by atoms with Crippen LogP contribution in [0.4, 0.5) is 0 Å². The fourth-order valence-electron chi connectivity index (χ4n) is 0.381. The maximum atomic E-state index is 5.22. The summed E-state index contributed by atoms with van der Waals surface area (Å²) in [6, 6.07) is 0. The fraction of sp³-hybridized carbons (Fsp3) is 0.667. The lowest BCUT2D eigenvalue weighted by Crippen LogP contribution is -1.94. The van der Waals surface area contributed by atoms with Gasteiger partial charge in [0, 0.05) is 0 Å². The van der Waals surface area contributed by atoms with Crippen molar-refractivity contribution in [3.05, 3.63) is 12.2 Å². The van der Waals surface area contributed by atoms with Crippen LogP contribution in [-0.2, 0) is 0 Å². The molecule has 0 aromatic carbocycles. The number of allylic oxidation sites excluding steroid dienone is 1. The van der Waals surface area contributed by atoms with Crippen molar-refractivity contribution in [1.29, 1.82) is 0 Å². The van der Waals surface area contributed by atoms with Crippen molar-refractivity contribution < 1.29 is 0 Å². The summed E-state index contributed by atoms with van der Waals surface area (Å²) in [4.78, 5) is 0. The standard InChI is InChI=1S/C6H13N/c1-2-3-4-5-6-7/h3-4H,2,5-7H2,1H3/b4-3-. The number of hydrogen-bond acceptors (Lipinski definition) is 1. The minimum atomic E-state index is 0.774. The first-order valence-corrected chi connectivity index (χ1v) is 2.77. The van der Waals surface area contributed by atoms with Gasteiger partial charge in [-0.3, -0.25) is 0 Å². The second-order valence-electron chi connectivity index (χ2n) is 1.46.